The molecule has 4 nitrogen and oxygen atoms in total. The van der Waals surface area contributed by atoms with Gasteiger partial charge < -0.3 is 0 Å². The largest absolute Gasteiger partial charge is 0.279 e. The van der Waals surface area contributed by atoms with E-state index in [1.165, 1.54) is 6.20 Å². The van der Waals surface area contributed by atoms with Gasteiger partial charge in [-0.05, 0) is 18.2 Å². The van der Waals surface area contributed by atoms with Crippen LogP contribution in [0.1, 0.15) is 0 Å². The second kappa shape index (κ2) is 2.90. The maximum absolute atomic E-state index is 11.3. The van der Waals surface area contributed by atoms with Gasteiger partial charge in [0.05, 0.1) is 11.3 Å². The van der Waals surface area contributed by atoms with E-state index >= 15 is 0 Å². The molecule has 0 amide bonds. The van der Waals surface area contributed by atoms with Crippen LogP contribution in [0.15, 0.2) is 30.6 Å². The van der Waals surface area contributed by atoms with Gasteiger partial charge >= 0.3 is 0 Å². The first-order chi connectivity index (χ1) is 6.27. The fraction of sp³-hybridized carbons (Fsp3) is 0.111. The number of rotatable bonds is 1. The van der Waals surface area contributed by atoms with Crippen molar-refractivity contribution >= 4 is 0 Å². The van der Waals surface area contributed by atoms with E-state index in [1.807, 2.05) is 7.05 Å². The zero-order chi connectivity index (χ0) is 9.26. The Morgan fingerprint density at radius 3 is 2.85 bits per heavy atom. The summed E-state index contributed by atoms with van der Waals surface area (Å²) >= 11 is 0. The van der Waals surface area contributed by atoms with Gasteiger partial charge in [-0.1, -0.05) is 0 Å². The summed E-state index contributed by atoms with van der Waals surface area (Å²) in [6.45, 7) is 0. The Bertz CT molecular complexity index is 422. The highest BCUT2D eigenvalue weighted by Gasteiger charge is 2.07. The zero-order valence-corrected chi connectivity index (χ0v) is 7.14. The Labute approximate surface area is 75.5 Å². The SMILES string of the molecule is Cn1ccc(-c2cccnc2[O])n1. The number of hydrogen-bond donors (Lipinski definition) is 0. The van der Waals surface area contributed by atoms with Gasteiger partial charge in [0, 0.05) is 19.4 Å². The third-order valence-corrected chi connectivity index (χ3v) is 1.76. The van der Waals surface area contributed by atoms with Crippen LogP contribution >= 0.6 is 0 Å². The van der Waals surface area contributed by atoms with Crippen molar-refractivity contribution in [2.45, 2.75) is 0 Å². The van der Waals surface area contributed by atoms with Crippen molar-refractivity contribution in [3.63, 3.8) is 0 Å². The van der Waals surface area contributed by atoms with E-state index < -0.39 is 0 Å². The summed E-state index contributed by atoms with van der Waals surface area (Å²) in [4.78, 5) is 3.66. The average Bonchev–Trinajstić information content (AvgIpc) is 2.53. The average molecular weight is 174 g/mol. The third kappa shape index (κ3) is 1.38. The summed E-state index contributed by atoms with van der Waals surface area (Å²) < 4.78 is 1.65. The first-order valence-corrected chi connectivity index (χ1v) is 3.89. The van der Waals surface area contributed by atoms with Crippen LogP contribution in [0, 0.1) is 0 Å². The van der Waals surface area contributed by atoms with Crippen LogP contribution in [0.5, 0.6) is 5.88 Å². The molecular weight excluding hydrogens is 166 g/mol. The van der Waals surface area contributed by atoms with Gasteiger partial charge in [0.2, 0.25) is 0 Å². The lowest BCUT2D eigenvalue weighted by atomic mass is 10.2. The Hall–Kier alpha value is -1.84. The quantitative estimate of drug-likeness (QED) is 0.659. The second-order valence-electron chi connectivity index (χ2n) is 2.73. The molecule has 0 bridgehead atoms. The molecule has 0 aliphatic heterocycles. The summed E-state index contributed by atoms with van der Waals surface area (Å²) in [6.07, 6.45) is 3.27. The summed E-state index contributed by atoms with van der Waals surface area (Å²) in [5.74, 6) is -0.235. The molecule has 65 valence electrons. The van der Waals surface area contributed by atoms with Gasteiger partial charge in [-0.2, -0.15) is 5.10 Å². The molecule has 0 atom stereocenters. The summed E-state index contributed by atoms with van der Waals surface area (Å²) in [5, 5.41) is 15.4. The van der Waals surface area contributed by atoms with Crippen molar-refractivity contribution in [1.82, 2.24) is 14.8 Å². The topological polar surface area (TPSA) is 50.6 Å². The molecule has 1 radical (unpaired) electrons. The fourth-order valence-corrected chi connectivity index (χ4v) is 1.14. The van der Waals surface area contributed by atoms with E-state index in [0.717, 1.165) is 0 Å². The molecular formula is C9H8N3O. The van der Waals surface area contributed by atoms with Gasteiger partial charge in [0.15, 0.2) is 0 Å². The van der Waals surface area contributed by atoms with Crippen molar-refractivity contribution in [2.24, 2.45) is 7.05 Å². The van der Waals surface area contributed by atoms with E-state index in [2.05, 4.69) is 10.1 Å². The lowest BCUT2D eigenvalue weighted by molar-refractivity contribution is 0.339. The molecule has 2 aromatic rings. The molecule has 13 heavy (non-hydrogen) atoms. The lowest BCUT2D eigenvalue weighted by Crippen LogP contribution is -1.88. The fourth-order valence-electron chi connectivity index (χ4n) is 1.14. The van der Waals surface area contributed by atoms with Gasteiger partial charge in [-0.3, -0.25) is 9.79 Å². The molecule has 0 fully saturated rings. The summed E-state index contributed by atoms with van der Waals surface area (Å²) in [5.41, 5.74) is 1.21. The van der Waals surface area contributed by atoms with Crippen molar-refractivity contribution in [1.29, 1.82) is 0 Å². The Balaban J connectivity index is 2.52. The number of aromatic nitrogens is 3. The molecule has 0 saturated carbocycles. The highest BCUT2D eigenvalue weighted by molar-refractivity contribution is 5.63. The van der Waals surface area contributed by atoms with Gasteiger partial charge in [0.1, 0.15) is 0 Å². The van der Waals surface area contributed by atoms with E-state index in [9.17, 15) is 5.11 Å². The molecule has 0 spiro atoms. The molecule has 0 N–H and O–H groups in total. The molecule has 0 saturated heterocycles. The highest BCUT2D eigenvalue weighted by Crippen LogP contribution is 2.24. The van der Waals surface area contributed by atoms with E-state index in [4.69, 9.17) is 0 Å². The van der Waals surface area contributed by atoms with Crippen LogP contribution in [-0.2, 0) is 12.2 Å². The number of nitrogens with zero attached hydrogens (tertiary/aromatic N) is 3. The summed E-state index contributed by atoms with van der Waals surface area (Å²) in [7, 11) is 1.81. The predicted octanol–water partition coefficient (Wildman–Crippen LogP) is 1.63. The molecule has 2 aromatic heterocycles. The van der Waals surface area contributed by atoms with E-state index in [0.29, 0.717) is 11.3 Å². The minimum Gasteiger partial charge on any atom is -0.275 e. The van der Waals surface area contributed by atoms with Gasteiger partial charge in [0.25, 0.3) is 5.88 Å². The number of pyridine rings is 1. The van der Waals surface area contributed by atoms with Crippen molar-refractivity contribution in [3.05, 3.63) is 30.6 Å². The monoisotopic (exact) mass is 174 g/mol. The molecule has 0 aromatic carbocycles. The minimum absolute atomic E-state index is 0.235. The highest BCUT2D eigenvalue weighted by atomic mass is 16.3. The predicted molar refractivity (Wildman–Crippen MR) is 46.6 cm³/mol. The molecule has 0 aliphatic rings. The second-order valence-corrected chi connectivity index (χ2v) is 2.73. The van der Waals surface area contributed by atoms with Crippen LogP contribution in [-0.4, -0.2) is 14.8 Å². The number of aryl methyl sites for hydroxylation is 1. The van der Waals surface area contributed by atoms with Crippen LogP contribution in [0.4, 0.5) is 0 Å². The Kier molecular flexibility index (Phi) is 1.73. The van der Waals surface area contributed by atoms with Crippen molar-refractivity contribution in [3.8, 4) is 17.1 Å². The minimum atomic E-state index is -0.235. The first-order valence-electron chi connectivity index (χ1n) is 3.89. The van der Waals surface area contributed by atoms with Crippen LogP contribution in [0.25, 0.3) is 11.3 Å². The molecule has 2 rings (SSSR count). The molecule has 0 aliphatic carbocycles. The first kappa shape index (κ1) is 7.79. The summed E-state index contributed by atoms with van der Waals surface area (Å²) in [6, 6.07) is 5.24. The smallest absolute Gasteiger partial charge is 0.275 e. The van der Waals surface area contributed by atoms with E-state index in [-0.39, 0.29) is 5.88 Å². The van der Waals surface area contributed by atoms with Crippen LogP contribution < -0.4 is 0 Å². The third-order valence-electron chi connectivity index (χ3n) is 1.76. The standard InChI is InChI=1S/C9H8N3O/c1-12-6-4-8(11-12)7-3-2-5-10-9(7)13/h2-6H,1H3. The number of hydrogen-bond acceptors (Lipinski definition) is 2. The molecule has 0 unspecified atom stereocenters. The van der Waals surface area contributed by atoms with Gasteiger partial charge in [-0.25, -0.2) is 4.98 Å². The van der Waals surface area contributed by atoms with Gasteiger partial charge in [-0.15, -0.1) is 0 Å². The molecule has 4 heteroatoms. The zero-order valence-electron chi connectivity index (χ0n) is 7.14. The van der Waals surface area contributed by atoms with E-state index in [1.54, 1.807) is 29.1 Å². The van der Waals surface area contributed by atoms with Crippen molar-refractivity contribution < 1.29 is 5.11 Å². The van der Waals surface area contributed by atoms with Crippen molar-refractivity contribution in [2.75, 3.05) is 0 Å². The Morgan fingerprint density at radius 2 is 2.23 bits per heavy atom. The van der Waals surface area contributed by atoms with Crippen LogP contribution in [0.3, 0.4) is 0 Å². The Morgan fingerprint density at radius 1 is 1.38 bits per heavy atom. The van der Waals surface area contributed by atoms with Crippen LogP contribution in [0.2, 0.25) is 0 Å². The molecule has 2 heterocycles. The normalized spacial score (nSPS) is 10.2. The maximum atomic E-state index is 11.3. The maximum Gasteiger partial charge on any atom is 0.279 e. The lowest BCUT2D eigenvalue weighted by Gasteiger charge is -1.95.